The lowest BCUT2D eigenvalue weighted by molar-refractivity contribution is 0.628. The summed E-state index contributed by atoms with van der Waals surface area (Å²) in [5.41, 5.74) is 1.51. The molecular weight excluding hydrogens is 215 g/mol. The summed E-state index contributed by atoms with van der Waals surface area (Å²) in [4.78, 5) is 8.20. The van der Waals surface area contributed by atoms with Crippen molar-refractivity contribution in [3.05, 3.63) is 48.0 Å². The van der Waals surface area contributed by atoms with Crippen LogP contribution in [0.15, 0.2) is 36.7 Å². The van der Waals surface area contributed by atoms with Crippen molar-refractivity contribution in [1.29, 1.82) is 0 Å². The summed E-state index contributed by atoms with van der Waals surface area (Å²) in [6, 6.07) is 6.18. The number of alkyl halides is 1. The zero-order valence-corrected chi connectivity index (χ0v) is 8.58. The molecule has 0 unspecified atom stereocenters. The van der Waals surface area contributed by atoms with E-state index in [1.165, 1.54) is 12.1 Å². The molecule has 1 aromatic heterocycles. The smallest absolute Gasteiger partial charge is 0.159 e. The highest BCUT2D eigenvalue weighted by Crippen LogP contribution is 2.15. The minimum absolute atomic E-state index is 0.294. The van der Waals surface area contributed by atoms with E-state index < -0.39 is 0 Å². The Balaban J connectivity index is 2.37. The van der Waals surface area contributed by atoms with Crippen LogP contribution in [0, 0.1) is 5.82 Å². The molecule has 0 bridgehead atoms. The molecule has 4 heteroatoms. The van der Waals surface area contributed by atoms with E-state index in [9.17, 15) is 4.39 Å². The van der Waals surface area contributed by atoms with Crippen LogP contribution in [0.25, 0.3) is 11.4 Å². The zero-order valence-electron chi connectivity index (χ0n) is 7.82. The van der Waals surface area contributed by atoms with Crippen molar-refractivity contribution in [1.82, 2.24) is 9.97 Å². The van der Waals surface area contributed by atoms with E-state index in [4.69, 9.17) is 11.6 Å². The maximum atomic E-state index is 12.9. The maximum Gasteiger partial charge on any atom is 0.159 e. The first-order valence-electron chi connectivity index (χ1n) is 4.42. The standard InChI is InChI=1S/C11H8ClFN2/c12-5-8-6-14-11(15-7-8)9-2-1-3-10(13)4-9/h1-4,6-7H,5H2. The van der Waals surface area contributed by atoms with Gasteiger partial charge < -0.3 is 0 Å². The predicted molar refractivity (Wildman–Crippen MR) is 57.0 cm³/mol. The fourth-order valence-corrected chi connectivity index (χ4v) is 1.34. The molecule has 2 rings (SSSR count). The van der Waals surface area contributed by atoms with Crippen molar-refractivity contribution in [3.63, 3.8) is 0 Å². The summed E-state index contributed by atoms with van der Waals surface area (Å²) in [5, 5.41) is 0. The van der Waals surface area contributed by atoms with Crippen molar-refractivity contribution in [2.24, 2.45) is 0 Å². The topological polar surface area (TPSA) is 25.8 Å². The van der Waals surface area contributed by atoms with Gasteiger partial charge in [-0.1, -0.05) is 12.1 Å². The molecule has 0 fully saturated rings. The summed E-state index contributed by atoms with van der Waals surface area (Å²) < 4.78 is 12.9. The summed E-state index contributed by atoms with van der Waals surface area (Å²) in [6.45, 7) is 0. The number of benzene rings is 1. The molecule has 2 aromatic rings. The number of nitrogens with zero attached hydrogens (tertiary/aromatic N) is 2. The molecule has 0 radical (unpaired) electrons. The first kappa shape index (κ1) is 10.1. The highest BCUT2D eigenvalue weighted by Gasteiger charge is 2.01. The Morgan fingerprint density at radius 1 is 1.20 bits per heavy atom. The van der Waals surface area contributed by atoms with Crippen LogP contribution in [0.2, 0.25) is 0 Å². The second-order valence-corrected chi connectivity index (χ2v) is 3.33. The minimum Gasteiger partial charge on any atom is -0.236 e. The van der Waals surface area contributed by atoms with Gasteiger partial charge in [0.05, 0.1) is 5.88 Å². The van der Waals surface area contributed by atoms with Gasteiger partial charge in [0.2, 0.25) is 0 Å². The molecule has 0 saturated carbocycles. The Morgan fingerprint density at radius 2 is 1.93 bits per heavy atom. The van der Waals surface area contributed by atoms with Crippen molar-refractivity contribution < 1.29 is 4.39 Å². The SMILES string of the molecule is Fc1cccc(-c2ncc(CCl)cn2)c1. The largest absolute Gasteiger partial charge is 0.236 e. The monoisotopic (exact) mass is 222 g/mol. The molecule has 0 aliphatic carbocycles. The van der Waals surface area contributed by atoms with Gasteiger partial charge in [0.15, 0.2) is 5.82 Å². The Labute approximate surface area is 91.8 Å². The van der Waals surface area contributed by atoms with E-state index in [1.54, 1.807) is 24.5 Å². The van der Waals surface area contributed by atoms with Crippen LogP contribution in [0.4, 0.5) is 4.39 Å². The van der Waals surface area contributed by atoms with Gasteiger partial charge in [0.1, 0.15) is 5.82 Å². The van der Waals surface area contributed by atoms with Gasteiger partial charge in [-0.3, -0.25) is 0 Å². The number of rotatable bonds is 2. The van der Waals surface area contributed by atoms with E-state index in [0.717, 1.165) is 5.56 Å². The van der Waals surface area contributed by atoms with Gasteiger partial charge in [0, 0.05) is 23.5 Å². The van der Waals surface area contributed by atoms with Crippen molar-refractivity contribution in [2.45, 2.75) is 5.88 Å². The number of halogens is 2. The molecule has 0 aliphatic rings. The van der Waals surface area contributed by atoms with Gasteiger partial charge in [0.25, 0.3) is 0 Å². The fraction of sp³-hybridized carbons (Fsp3) is 0.0909. The van der Waals surface area contributed by atoms with Crippen LogP contribution >= 0.6 is 11.6 Å². The number of hydrogen-bond acceptors (Lipinski definition) is 2. The normalized spacial score (nSPS) is 10.3. The lowest BCUT2D eigenvalue weighted by atomic mass is 10.2. The second-order valence-electron chi connectivity index (χ2n) is 3.06. The van der Waals surface area contributed by atoms with Gasteiger partial charge >= 0.3 is 0 Å². The van der Waals surface area contributed by atoms with Crippen LogP contribution in [-0.2, 0) is 5.88 Å². The third-order valence-corrected chi connectivity index (χ3v) is 2.25. The number of aromatic nitrogens is 2. The predicted octanol–water partition coefficient (Wildman–Crippen LogP) is 3.02. The van der Waals surface area contributed by atoms with E-state index in [-0.39, 0.29) is 5.82 Å². The molecule has 0 saturated heterocycles. The average Bonchev–Trinajstić information content (AvgIpc) is 2.29. The van der Waals surface area contributed by atoms with Gasteiger partial charge in [-0.05, 0) is 12.1 Å². The lowest BCUT2D eigenvalue weighted by Gasteiger charge is -2.00. The summed E-state index contributed by atoms with van der Waals surface area (Å²) in [5.74, 6) is 0.588. The van der Waals surface area contributed by atoms with E-state index in [0.29, 0.717) is 17.3 Å². The van der Waals surface area contributed by atoms with Crippen molar-refractivity contribution in [2.75, 3.05) is 0 Å². The van der Waals surface area contributed by atoms with Crippen molar-refractivity contribution in [3.8, 4) is 11.4 Å². The summed E-state index contributed by atoms with van der Waals surface area (Å²) >= 11 is 5.61. The molecule has 76 valence electrons. The average molecular weight is 223 g/mol. The molecule has 15 heavy (non-hydrogen) atoms. The molecule has 0 N–H and O–H groups in total. The van der Waals surface area contributed by atoms with E-state index in [2.05, 4.69) is 9.97 Å². The third-order valence-electron chi connectivity index (χ3n) is 1.94. The van der Waals surface area contributed by atoms with Crippen LogP contribution in [0.3, 0.4) is 0 Å². The minimum atomic E-state index is -0.294. The second kappa shape index (κ2) is 4.36. The Hall–Kier alpha value is -1.48. The molecule has 1 aromatic carbocycles. The van der Waals surface area contributed by atoms with Gasteiger partial charge in [-0.15, -0.1) is 11.6 Å². The molecule has 0 spiro atoms. The highest BCUT2D eigenvalue weighted by molar-refractivity contribution is 6.17. The molecule has 0 amide bonds. The Morgan fingerprint density at radius 3 is 2.53 bits per heavy atom. The van der Waals surface area contributed by atoms with Gasteiger partial charge in [-0.2, -0.15) is 0 Å². The molecule has 0 aliphatic heterocycles. The maximum absolute atomic E-state index is 12.9. The number of hydrogen-bond donors (Lipinski definition) is 0. The van der Waals surface area contributed by atoms with Crippen LogP contribution < -0.4 is 0 Å². The zero-order chi connectivity index (χ0) is 10.7. The first-order valence-corrected chi connectivity index (χ1v) is 4.96. The highest BCUT2D eigenvalue weighted by atomic mass is 35.5. The molecule has 1 heterocycles. The van der Waals surface area contributed by atoms with E-state index >= 15 is 0 Å². The molecular formula is C11H8ClFN2. The summed E-state index contributed by atoms with van der Waals surface area (Å²) in [6.07, 6.45) is 3.28. The lowest BCUT2D eigenvalue weighted by Crippen LogP contribution is -1.90. The fourth-order valence-electron chi connectivity index (χ4n) is 1.20. The first-order chi connectivity index (χ1) is 7.29. The summed E-state index contributed by atoms with van der Waals surface area (Å²) in [7, 11) is 0. The van der Waals surface area contributed by atoms with Crippen LogP contribution in [-0.4, -0.2) is 9.97 Å². The quantitative estimate of drug-likeness (QED) is 0.730. The Kier molecular flexibility index (Phi) is 2.92. The third kappa shape index (κ3) is 2.30. The van der Waals surface area contributed by atoms with E-state index in [1.807, 2.05) is 0 Å². The Bertz CT molecular complexity index is 456. The van der Waals surface area contributed by atoms with Crippen molar-refractivity contribution >= 4 is 11.6 Å². The molecule has 0 atom stereocenters. The van der Waals surface area contributed by atoms with Gasteiger partial charge in [-0.25, -0.2) is 14.4 Å². The van der Waals surface area contributed by atoms with Crippen LogP contribution in [0.1, 0.15) is 5.56 Å². The molecule has 2 nitrogen and oxygen atoms in total. The van der Waals surface area contributed by atoms with Crippen LogP contribution in [0.5, 0.6) is 0 Å².